The molecular weight excluding hydrogens is 439 g/mol. The lowest BCUT2D eigenvalue weighted by molar-refractivity contribution is -0.137. The third-order valence-electron chi connectivity index (χ3n) is 6.96. The summed E-state index contributed by atoms with van der Waals surface area (Å²) in [7, 11) is 0. The second kappa shape index (κ2) is 6.45. The highest BCUT2D eigenvalue weighted by Crippen LogP contribution is 2.61. The number of halogens is 4. The van der Waals surface area contributed by atoms with Gasteiger partial charge in [0.2, 0.25) is 11.8 Å². The molecule has 3 aliphatic carbocycles. The molecule has 2 amide bonds. The normalized spacial score (nSPS) is 25.6. The van der Waals surface area contributed by atoms with Gasteiger partial charge >= 0.3 is 6.18 Å². The van der Waals surface area contributed by atoms with Gasteiger partial charge in [0.15, 0.2) is 0 Å². The van der Waals surface area contributed by atoms with Gasteiger partial charge in [-0.05, 0) is 40.5 Å². The van der Waals surface area contributed by atoms with Crippen LogP contribution in [0.5, 0.6) is 0 Å². The number of carbonyl (C=O) groups is 2. The van der Waals surface area contributed by atoms with Crippen molar-refractivity contribution >= 4 is 29.1 Å². The van der Waals surface area contributed by atoms with Gasteiger partial charge in [-0.15, -0.1) is 0 Å². The molecule has 2 bridgehead atoms. The molecule has 3 nitrogen and oxygen atoms in total. The fraction of sp³-hybridized carbons (Fsp3) is 0.200. The smallest absolute Gasteiger partial charge is 0.274 e. The Labute approximate surface area is 186 Å². The summed E-state index contributed by atoms with van der Waals surface area (Å²) in [5.74, 6) is -2.85. The first-order valence-corrected chi connectivity index (χ1v) is 10.6. The fourth-order valence-corrected chi connectivity index (χ4v) is 6.03. The van der Waals surface area contributed by atoms with Crippen molar-refractivity contribution in [2.24, 2.45) is 11.8 Å². The molecule has 0 spiro atoms. The van der Waals surface area contributed by atoms with Crippen molar-refractivity contribution in [1.29, 1.82) is 0 Å². The molecule has 0 aromatic heterocycles. The molecule has 160 valence electrons. The van der Waals surface area contributed by atoms with Crippen molar-refractivity contribution in [2.45, 2.75) is 18.0 Å². The standard InChI is InChI=1S/C25H15ClF3NO2/c26-18-10-9-12(11-17(18)25(27,28)29)30-23(31)21-19-13-5-1-2-6-14(13)20(22(21)24(30)32)16-8-4-3-7-15(16)19/h1-11,19-22H/t19?,20?,21-,22-/m1/s1. The van der Waals surface area contributed by atoms with Crippen LogP contribution >= 0.6 is 11.6 Å². The summed E-state index contributed by atoms with van der Waals surface area (Å²) in [6.07, 6.45) is -4.70. The predicted molar refractivity (Wildman–Crippen MR) is 112 cm³/mol. The van der Waals surface area contributed by atoms with Gasteiger partial charge in [0.25, 0.3) is 0 Å². The molecule has 0 radical (unpaired) electrons. The van der Waals surface area contributed by atoms with Crippen LogP contribution in [-0.4, -0.2) is 11.8 Å². The van der Waals surface area contributed by atoms with Crippen molar-refractivity contribution in [3.63, 3.8) is 0 Å². The lowest BCUT2D eigenvalue weighted by atomic mass is 9.55. The Kier molecular flexibility index (Phi) is 3.94. The molecule has 7 heteroatoms. The highest BCUT2D eigenvalue weighted by atomic mass is 35.5. The van der Waals surface area contributed by atoms with Gasteiger partial charge in [0.05, 0.1) is 28.1 Å². The van der Waals surface area contributed by atoms with Gasteiger partial charge < -0.3 is 0 Å². The van der Waals surface area contributed by atoms with Crippen LogP contribution in [0.4, 0.5) is 18.9 Å². The van der Waals surface area contributed by atoms with E-state index in [1.165, 1.54) is 6.07 Å². The van der Waals surface area contributed by atoms with E-state index in [-0.39, 0.29) is 17.5 Å². The molecule has 4 aliphatic rings. The van der Waals surface area contributed by atoms with Crippen LogP contribution in [0.2, 0.25) is 5.02 Å². The Morgan fingerprint density at radius 3 is 1.56 bits per heavy atom. The minimum atomic E-state index is -4.70. The zero-order valence-corrected chi connectivity index (χ0v) is 17.2. The molecule has 1 saturated heterocycles. The zero-order chi connectivity index (χ0) is 22.4. The predicted octanol–water partition coefficient (Wildman–Crippen LogP) is 5.76. The molecule has 1 fully saturated rings. The Morgan fingerprint density at radius 2 is 1.16 bits per heavy atom. The number of rotatable bonds is 1. The lowest BCUT2D eigenvalue weighted by Gasteiger charge is -2.45. The topological polar surface area (TPSA) is 37.4 Å². The Balaban J connectivity index is 1.52. The summed E-state index contributed by atoms with van der Waals surface area (Å²) in [6.45, 7) is 0. The van der Waals surface area contributed by atoms with Crippen molar-refractivity contribution in [1.82, 2.24) is 0 Å². The number of hydrogen-bond acceptors (Lipinski definition) is 2. The van der Waals surface area contributed by atoms with Crippen molar-refractivity contribution < 1.29 is 22.8 Å². The molecule has 0 N–H and O–H groups in total. The van der Waals surface area contributed by atoms with E-state index >= 15 is 0 Å². The zero-order valence-electron chi connectivity index (χ0n) is 16.4. The molecule has 3 aromatic rings. The third kappa shape index (κ3) is 2.44. The number of imide groups is 1. The van der Waals surface area contributed by atoms with Gasteiger partial charge in [-0.2, -0.15) is 13.2 Å². The summed E-state index contributed by atoms with van der Waals surface area (Å²) in [5, 5.41) is -0.474. The molecule has 1 aliphatic heterocycles. The maximum atomic E-state index is 13.6. The summed E-state index contributed by atoms with van der Waals surface area (Å²) in [6, 6.07) is 18.7. The second-order valence-corrected chi connectivity index (χ2v) is 8.85. The molecular formula is C25H15ClF3NO2. The first-order chi connectivity index (χ1) is 15.3. The number of benzene rings is 3. The quantitative estimate of drug-likeness (QED) is 0.440. The van der Waals surface area contributed by atoms with Crippen LogP contribution in [0.15, 0.2) is 66.7 Å². The first kappa shape index (κ1) is 19.6. The maximum absolute atomic E-state index is 13.6. The third-order valence-corrected chi connectivity index (χ3v) is 7.29. The number of nitrogens with zero attached hydrogens (tertiary/aromatic N) is 1. The molecule has 7 rings (SSSR count). The molecule has 0 saturated carbocycles. The molecule has 1 heterocycles. The minimum absolute atomic E-state index is 0.0985. The number of anilines is 1. The van der Waals surface area contributed by atoms with Gasteiger partial charge in [0, 0.05) is 11.8 Å². The summed E-state index contributed by atoms with van der Waals surface area (Å²) < 4.78 is 40.3. The lowest BCUT2D eigenvalue weighted by Crippen LogP contribution is -2.41. The van der Waals surface area contributed by atoms with Crippen LogP contribution in [0.25, 0.3) is 0 Å². The van der Waals surface area contributed by atoms with Crippen LogP contribution in [-0.2, 0) is 15.8 Å². The van der Waals surface area contributed by atoms with E-state index in [0.717, 1.165) is 39.3 Å². The van der Waals surface area contributed by atoms with E-state index < -0.39 is 40.4 Å². The maximum Gasteiger partial charge on any atom is 0.417 e. The van der Waals surface area contributed by atoms with E-state index in [0.29, 0.717) is 0 Å². The average molecular weight is 454 g/mol. The average Bonchev–Trinajstić information content (AvgIpc) is 3.04. The van der Waals surface area contributed by atoms with Crippen LogP contribution in [0, 0.1) is 11.8 Å². The van der Waals surface area contributed by atoms with Crippen LogP contribution in [0.3, 0.4) is 0 Å². The van der Waals surface area contributed by atoms with E-state index in [2.05, 4.69) is 0 Å². The van der Waals surface area contributed by atoms with Gasteiger partial charge in [0.1, 0.15) is 0 Å². The first-order valence-electron chi connectivity index (χ1n) is 10.2. The SMILES string of the molecule is O=C1[C@@H]2C3c4ccccc4C(c4ccccc43)[C@H]2C(=O)N1c1ccc(Cl)c(C(F)(F)F)c1. The van der Waals surface area contributed by atoms with Gasteiger partial charge in [-0.3, -0.25) is 9.59 Å². The largest absolute Gasteiger partial charge is 0.417 e. The van der Waals surface area contributed by atoms with Crippen LogP contribution in [0.1, 0.15) is 39.7 Å². The number of hydrogen-bond donors (Lipinski definition) is 0. The minimum Gasteiger partial charge on any atom is -0.274 e. The molecule has 32 heavy (non-hydrogen) atoms. The van der Waals surface area contributed by atoms with Crippen molar-refractivity contribution in [2.75, 3.05) is 4.90 Å². The number of alkyl halides is 3. The molecule has 0 unspecified atom stereocenters. The summed E-state index contributed by atoms with van der Waals surface area (Å²) in [4.78, 5) is 28.1. The summed E-state index contributed by atoms with van der Waals surface area (Å²) in [5.41, 5.74) is 2.86. The number of amides is 2. The molecule has 3 aromatic carbocycles. The highest BCUT2D eigenvalue weighted by Gasteiger charge is 2.61. The van der Waals surface area contributed by atoms with E-state index in [4.69, 9.17) is 11.6 Å². The number of carbonyl (C=O) groups excluding carboxylic acids is 2. The van der Waals surface area contributed by atoms with E-state index in [1.807, 2.05) is 48.5 Å². The Morgan fingerprint density at radius 1 is 0.719 bits per heavy atom. The Bertz CT molecular complexity index is 1200. The highest BCUT2D eigenvalue weighted by molar-refractivity contribution is 6.31. The Hall–Kier alpha value is -3.12. The summed E-state index contributed by atoms with van der Waals surface area (Å²) >= 11 is 5.75. The fourth-order valence-electron chi connectivity index (χ4n) is 5.80. The van der Waals surface area contributed by atoms with Crippen molar-refractivity contribution in [3.05, 3.63) is 99.6 Å². The van der Waals surface area contributed by atoms with Gasteiger partial charge in [-0.25, -0.2) is 4.90 Å². The van der Waals surface area contributed by atoms with Crippen molar-refractivity contribution in [3.8, 4) is 0 Å². The second-order valence-electron chi connectivity index (χ2n) is 8.44. The van der Waals surface area contributed by atoms with Crippen LogP contribution < -0.4 is 4.90 Å². The monoisotopic (exact) mass is 453 g/mol. The van der Waals surface area contributed by atoms with Gasteiger partial charge in [-0.1, -0.05) is 60.1 Å². The van der Waals surface area contributed by atoms with E-state index in [1.54, 1.807) is 0 Å². The van der Waals surface area contributed by atoms with E-state index in [9.17, 15) is 22.8 Å². The molecule has 2 atom stereocenters.